The van der Waals surface area contributed by atoms with Crippen molar-refractivity contribution in [1.29, 1.82) is 0 Å². The average molecular weight is 261 g/mol. The summed E-state index contributed by atoms with van der Waals surface area (Å²) in [7, 11) is 1.75. The van der Waals surface area contributed by atoms with Gasteiger partial charge in [0, 0.05) is 13.2 Å². The van der Waals surface area contributed by atoms with Crippen LogP contribution in [0.1, 0.15) is 33.1 Å². The highest BCUT2D eigenvalue weighted by Crippen LogP contribution is 1.96. The second-order valence-corrected chi connectivity index (χ2v) is 3.96. The summed E-state index contributed by atoms with van der Waals surface area (Å²) in [5.41, 5.74) is 0. The Morgan fingerprint density at radius 2 is 1.78 bits per heavy atom. The van der Waals surface area contributed by atoms with Crippen molar-refractivity contribution < 1.29 is 19.0 Å². The number of likely N-dealkylation sites (N-methyl/N-ethyl adjacent to an activating group) is 1. The fourth-order valence-electron chi connectivity index (χ4n) is 1.39. The molecule has 0 amide bonds. The molecule has 0 spiro atoms. The van der Waals surface area contributed by atoms with Crippen LogP contribution in [-0.4, -0.2) is 52.1 Å². The van der Waals surface area contributed by atoms with Gasteiger partial charge in [0.25, 0.3) is 0 Å². The molecule has 18 heavy (non-hydrogen) atoms. The minimum atomic E-state index is -0.286. The van der Waals surface area contributed by atoms with Gasteiger partial charge in [0.2, 0.25) is 0 Å². The average Bonchev–Trinajstić information content (AvgIpc) is 2.37. The molecule has 0 fully saturated rings. The van der Waals surface area contributed by atoms with Crippen LogP contribution in [0.25, 0.3) is 0 Å². The fraction of sp³-hybridized carbons (Fsp3) is 0.923. The summed E-state index contributed by atoms with van der Waals surface area (Å²) in [6, 6.07) is -0.286. The minimum absolute atomic E-state index is 0.220. The molecule has 0 aromatic heterocycles. The molecule has 0 radical (unpaired) electrons. The van der Waals surface area contributed by atoms with Crippen molar-refractivity contribution in [1.82, 2.24) is 5.32 Å². The van der Waals surface area contributed by atoms with Crippen LogP contribution in [0.3, 0.4) is 0 Å². The summed E-state index contributed by atoms with van der Waals surface area (Å²) in [6.07, 6.45) is 2.85. The first-order valence-electron chi connectivity index (χ1n) is 6.75. The normalized spacial score (nSPS) is 12.4. The number of unbranched alkanes of at least 4 members (excludes halogenated alkanes) is 1. The zero-order valence-corrected chi connectivity index (χ0v) is 11.9. The summed E-state index contributed by atoms with van der Waals surface area (Å²) in [5, 5.41) is 2.92. The molecular formula is C13H27NO4. The van der Waals surface area contributed by atoms with Crippen molar-refractivity contribution in [2.75, 3.05) is 40.1 Å². The van der Waals surface area contributed by atoms with E-state index in [2.05, 4.69) is 12.2 Å². The van der Waals surface area contributed by atoms with Crippen LogP contribution in [0.15, 0.2) is 0 Å². The number of hydrogen-bond donors (Lipinski definition) is 1. The lowest BCUT2D eigenvalue weighted by Gasteiger charge is -2.14. The quantitative estimate of drug-likeness (QED) is 0.424. The van der Waals surface area contributed by atoms with Gasteiger partial charge in [0.15, 0.2) is 0 Å². The van der Waals surface area contributed by atoms with Gasteiger partial charge in [0.05, 0.1) is 19.8 Å². The highest BCUT2D eigenvalue weighted by molar-refractivity contribution is 5.75. The monoisotopic (exact) mass is 261 g/mol. The lowest BCUT2D eigenvalue weighted by atomic mass is 10.2. The van der Waals surface area contributed by atoms with Crippen LogP contribution in [0.5, 0.6) is 0 Å². The molecule has 5 heteroatoms. The highest BCUT2D eigenvalue weighted by Gasteiger charge is 2.16. The third-order valence-corrected chi connectivity index (χ3v) is 2.48. The van der Waals surface area contributed by atoms with E-state index in [9.17, 15) is 4.79 Å². The van der Waals surface area contributed by atoms with Crippen molar-refractivity contribution in [3.05, 3.63) is 0 Å². The Balaban J connectivity index is 3.42. The Morgan fingerprint density at radius 1 is 1.11 bits per heavy atom. The summed E-state index contributed by atoms with van der Waals surface area (Å²) in [4.78, 5) is 11.4. The molecule has 0 aromatic rings. The van der Waals surface area contributed by atoms with Gasteiger partial charge in [0.1, 0.15) is 6.04 Å². The predicted octanol–water partition coefficient (Wildman–Crippen LogP) is 1.36. The van der Waals surface area contributed by atoms with Crippen LogP contribution < -0.4 is 5.32 Å². The second-order valence-electron chi connectivity index (χ2n) is 3.96. The lowest BCUT2D eigenvalue weighted by Crippen LogP contribution is -2.36. The van der Waals surface area contributed by atoms with Crippen LogP contribution in [-0.2, 0) is 19.0 Å². The fourth-order valence-corrected chi connectivity index (χ4v) is 1.39. The maximum atomic E-state index is 11.4. The molecular weight excluding hydrogens is 234 g/mol. The topological polar surface area (TPSA) is 56.8 Å². The smallest absolute Gasteiger partial charge is 0.323 e. The zero-order chi connectivity index (χ0) is 13.6. The van der Waals surface area contributed by atoms with Crippen molar-refractivity contribution >= 4 is 5.97 Å². The van der Waals surface area contributed by atoms with E-state index >= 15 is 0 Å². The maximum absolute atomic E-state index is 11.4. The maximum Gasteiger partial charge on any atom is 0.323 e. The van der Waals surface area contributed by atoms with E-state index in [0.29, 0.717) is 32.8 Å². The Kier molecular flexibility index (Phi) is 12.3. The summed E-state index contributed by atoms with van der Waals surface area (Å²) < 4.78 is 15.7. The Morgan fingerprint density at radius 3 is 2.33 bits per heavy atom. The number of nitrogens with one attached hydrogen (secondary N) is 1. The Hall–Kier alpha value is -0.650. The molecule has 0 aliphatic rings. The molecule has 0 aromatic carbocycles. The van der Waals surface area contributed by atoms with E-state index in [1.165, 1.54) is 0 Å². The number of hydrogen-bond acceptors (Lipinski definition) is 5. The van der Waals surface area contributed by atoms with E-state index in [0.717, 1.165) is 19.4 Å². The molecule has 1 N–H and O–H groups in total. The zero-order valence-electron chi connectivity index (χ0n) is 11.9. The SMILES string of the molecule is CCCCOCCOCCC(NC)C(=O)OCC. The first kappa shape index (κ1) is 17.4. The van der Waals surface area contributed by atoms with Gasteiger partial charge in [-0.2, -0.15) is 0 Å². The van der Waals surface area contributed by atoms with E-state index in [4.69, 9.17) is 14.2 Å². The molecule has 5 nitrogen and oxygen atoms in total. The van der Waals surface area contributed by atoms with Gasteiger partial charge in [-0.3, -0.25) is 4.79 Å². The van der Waals surface area contributed by atoms with Crippen molar-refractivity contribution in [3.8, 4) is 0 Å². The van der Waals surface area contributed by atoms with Crippen LogP contribution in [0, 0.1) is 0 Å². The number of esters is 1. The second kappa shape index (κ2) is 12.8. The third-order valence-electron chi connectivity index (χ3n) is 2.48. The minimum Gasteiger partial charge on any atom is -0.465 e. The summed E-state index contributed by atoms with van der Waals surface area (Å²) >= 11 is 0. The van der Waals surface area contributed by atoms with E-state index in [1.54, 1.807) is 14.0 Å². The third kappa shape index (κ3) is 9.39. The Labute approximate surface area is 110 Å². The molecule has 1 atom stereocenters. The molecule has 0 heterocycles. The standard InChI is InChI=1S/C13H27NO4/c1-4-6-8-16-10-11-17-9-7-12(14-3)13(15)18-5-2/h12,14H,4-11H2,1-3H3. The van der Waals surface area contributed by atoms with Gasteiger partial charge in [-0.05, 0) is 26.8 Å². The van der Waals surface area contributed by atoms with Gasteiger partial charge in [-0.25, -0.2) is 0 Å². The first-order chi connectivity index (χ1) is 8.76. The molecule has 0 aliphatic heterocycles. The largest absolute Gasteiger partial charge is 0.465 e. The summed E-state index contributed by atoms with van der Waals surface area (Å²) in [6.45, 7) is 6.85. The van der Waals surface area contributed by atoms with E-state index in [-0.39, 0.29) is 12.0 Å². The molecule has 108 valence electrons. The highest BCUT2D eigenvalue weighted by atomic mass is 16.5. The molecule has 1 unspecified atom stereocenters. The number of carbonyl (C=O) groups excluding carboxylic acids is 1. The van der Waals surface area contributed by atoms with E-state index < -0.39 is 0 Å². The van der Waals surface area contributed by atoms with Gasteiger partial charge in [-0.15, -0.1) is 0 Å². The van der Waals surface area contributed by atoms with Gasteiger partial charge in [-0.1, -0.05) is 13.3 Å². The van der Waals surface area contributed by atoms with Crippen molar-refractivity contribution in [2.24, 2.45) is 0 Å². The molecule has 0 aliphatic carbocycles. The van der Waals surface area contributed by atoms with Crippen LogP contribution in [0.2, 0.25) is 0 Å². The van der Waals surface area contributed by atoms with E-state index in [1.807, 2.05) is 0 Å². The number of ether oxygens (including phenoxy) is 3. The summed E-state index contributed by atoms with van der Waals surface area (Å²) in [5.74, 6) is -0.220. The first-order valence-corrected chi connectivity index (χ1v) is 6.75. The molecule has 0 rings (SSSR count). The predicted molar refractivity (Wildman–Crippen MR) is 70.6 cm³/mol. The number of rotatable bonds is 12. The number of carbonyl (C=O) groups is 1. The van der Waals surface area contributed by atoms with Crippen LogP contribution >= 0.6 is 0 Å². The Bertz CT molecular complexity index is 199. The van der Waals surface area contributed by atoms with Gasteiger partial charge < -0.3 is 19.5 Å². The van der Waals surface area contributed by atoms with Crippen molar-refractivity contribution in [2.45, 2.75) is 39.2 Å². The van der Waals surface area contributed by atoms with Crippen molar-refractivity contribution in [3.63, 3.8) is 0 Å². The molecule has 0 bridgehead atoms. The van der Waals surface area contributed by atoms with Crippen LogP contribution in [0.4, 0.5) is 0 Å². The molecule has 0 saturated carbocycles. The lowest BCUT2D eigenvalue weighted by molar-refractivity contribution is -0.146. The molecule has 0 saturated heterocycles. The van der Waals surface area contributed by atoms with Gasteiger partial charge >= 0.3 is 5.97 Å².